The van der Waals surface area contributed by atoms with Crippen LogP contribution >= 0.6 is 0 Å². The minimum atomic E-state index is -1.06. The highest BCUT2D eigenvalue weighted by Crippen LogP contribution is 2.30. The Kier molecular flexibility index (Phi) is 7.22. The van der Waals surface area contributed by atoms with Crippen molar-refractivity contribution < 1.29 is 23.8 Å². The summed E-state index contributed by atoms with van der Waals surface area (Å²) in [5.74, 6) is 0.780. The smallest absolute Gasteiger partial charge is 0.257 e. The third-order valence-electron chi connectivity index (χ3n) is 7.17. The average molecular weight is 484 g/mol. The third kappa shape index (κ3) is 5.60. The molecule has 7 nitrogen and oxygen atoms in total. The van der Waals surface area contributed by atoms with Crippen LogP contribution in [0, 0.1) is 0 Å². The molecule has 2 aromatic rings. The fourth-order valence-corrected chi connectivity index (χ4v) is 5.25. The van der Waals surface area contributed by atoms with Crippen LogP contribution in [0.4, 0.5) is 4.39 Å². The Morgan fingerprint density at radius 2 is 1.97 bits per heavy atom. The van der Waals surface area contributed by atoms with Gasteiger partial charge < -0.3 is 24.4 Å². The number of nitrogens with zero attached hydrogens (tertiary/aromatic N) is 3. The van der Waals surface area contributed by atoms with Crippen LogP contribution in [-0.2, 0) is 13.0 Å². The zero-order valence-corrected chi connectivity index (χ0v) is 20.2. The van der Waals surface area contributed by atoms with Crippen molar-refractivity contribution in [3.8, 4) is 11.5 Å². The lowest BCUT2D eigenvalue weighted by Crippen LogP contribution is -2.45. The van der Waals surface area contributed by atoms with Crippen molar-refractivity contribution in [1.29, 1.82) is 0 Å². The number of piperidine rings is 1. The third-order valence-corrected chi connectivity index (χ3v) is 7.17. The number of β-amino-alcohol motifs (C(OH)–C–C–N with tert-alkyl or cyclic N) is 1. The molecule has 3 aliphatic heterocycles. The van der Waals surface area contributed by atoms with Crippen LogP contribution in [0.15, 0.2) is 42.5 Å². The van der Waals surface area contributed by atoms with Gasteiger partial charge in [-0.2, -0.15) is 0 Å². The second-order valence-corrected chi connectivity index (χ2v) is 9.89. The number of rotatable bonds is 6. The number of aliphatic hydroxyl groups excluding tert-OH is 1. The zero-order valence-electron chi connectivity index (χ0n) is 20.2. The standard InChI is InChI=1S/C27H34FN3O4/c1-29-10-9-25(24(28)18-29)35-22-6-7-23-26(14-22)34-13-12-31(27(23)33)17-21(32)16-30-11-8-19-4-2-3-5-20(19)15-30/h2-7,14,21,24-25,32H,8-13,15-18H2,1H3. The zero-order chi connectivity index (χ0) is 24.4. The maximum Gasteiger partial charge on any atom is 0.257 e. The van der Waals surface area contributed by atoms with Crippen molar-refractivity contribution >= 4 is 5.91 Å². The molecule has 3 atom stereocenters. The molecule has 3 unspecified atom stereocenters. The summed E-state index contributed by atoms with van der Waals surface area (Å²) in [6.07, 6.45) is -0.625. The number of halogens is 1. The summed E-state index contributed by atoms with van der Waals surface area (Å²) < 4.78 is 26.1. The van der Waals surface area contributed by atoms with E-state index in [1.807, 2.05) is 18.0 Å². The number of amides is 1. The lowest BCUT2D eigenvalue weighted by Gasteiger charge is -2.32. The molecule has 0 aliphatic carbocycles. The van der Waals surface area contributed by atoms with Crippen LogP contribution in [0.1, 0.15) is 27.9 Å². The molecule has 0 spiro atoms. The van der Waals surface area contributed by atoms with Crippen LogP contribution in [0.25, 0.3) is 0 Å². The van der Waals surface area contributed by atoms with E-state index in [0.717, 1.165) is 26.1 Å². The van der Waals surface area contributed by atoms with Crippen LogP contribution in [0.2, 0.25) is 0 Å². The van der Waals surface area contributed by atoms with E-state index in [1.54, 1.807) is 23.1 Å². The molecule has 5 rings (SSSR count). The van der Waals surface area contributed by atoms with Gasteiger partial charge in [0.1, 0.15) is 30.4 Å². The number of aliphatic hydroxyl groups is 1. The van der Waals surface area contributed by atoms with Gasteiger partial charge in [-0.15, -0.1) is 0 Å². The molecule has 2 aromatic carbocycles. The summed E-state index contributed by atoms with van der Waals surface area (Å²) in [7, 11) is 1.90. The van der Waals surface area contributed by atoms with E-state index in [4.69, 9.17) is 9.47 Å². The summed E-state index contributed by atoms with van der Waals surface area (Å²) in [5.41, 5.74) is 3.11. The van der Waals surface area contributed by atoms with E-state index in [2.05, 4.69) is 23.1 Å². The topological polar surface area (TPSA) is 65.5 Å². The highest BCUT2D eigenvalue weighted by molar-refractivity contribution is 5.97. The second kappa shape index (κ2) is 10.5. The number of alkyl halides is 1. The van der Waals surface area contributed by atoms with Gasteiger partial charge in [0.05, 0.1) is 18.2 Å². The van der Waals surface area contributed by atoms with Gasteiger partial charge in [-0.1, -0.05) is 24.3 Å². The summed E-state index contributed by atoms with van der Waals surface area (Å²) >= 11 is 0. The Morgan fingerprint density at radius 3 is 2.80 bits per heavy atom. The summed E-state index contributed by atoms with van der Waals surface area (Å²) in [6, 6.07) is 13.5. The molecule has 1 fully saturated rings. The molecule has 0 aromatic heterocycles. The predicted octanol–water partition coefficient (Wildman–Crippen LogP) is 2.36. The molecule has 1 N–H and O–H groups in total. The molecule has 0 saturated carbocycles. The number of hydrogen-bond acceptors (Lipinski definition) is 6. The summed E-state index contributed by atoms with van der Waals surface area (Å²) in [5, 5.41) is 10.8. The van der Waals surface area contributed by atoms with Crippen LogP contribution in [-0.4, -0.2) is 97.0 Å². The van der Waals surface area contributed by atoms with Gasteiger partial charge in [-0.25, -0.2) is 4.39 Å². The molecule has 1 saturated heterocycles. The number of carbonyl (C=O) groups excluding carboxylic acids is 1. The highest BCUT2D eigenvalue weighted by Gasteiger charge is 2.31. The van der Waals surface area contributed by atoms with E-state index >= 15 is 0 Å². The first-order valence-corrected chi connectivity index (χ1v) is 12.5. The maximum atomic E-state index is 14.4. The van der Waals surface area contributed by atoms with E-state index in [-0.39, 0.29) is 12.5 Å². The van der Waals surface area contributed by atoms with Gasteiger partial charge in [0.2, 0.25) is 0 Å². The molecular formula is C27H34FN3O4. The molecular weight excluding hydrogens is 449 g/mol. The van der Waals surface area contributed by atoms with Crippen molar-refractivity contribution in [1.82, 2.24) is 14.7 Å². The van der Waals surface area contributed by atoms with Gasteiger partial charge in [-0.3, -0.25) is 9.69 Å². The average Bonchev–Trinajstić information content (AvgIpc) is 2.99. The Bertz CT molecular complexity index is 1050. The Morgan fingerprint density at radius 1 is 1.14 bits per heavy atom. The number of carbonyl (C=O) groups is 1. The molecule has 0 bridgehead atoms. The largest absolute Gasteiger partial charge is 0.491 e. The van der Waals surface area contributed by atoms with E-state index in [9.17, 15) is 14.3 Å². The first kappa shape index (κ1) is 24.0. The molecule has 188 valence electrons. The first-order valence-electron chi connectivity index (χ1n) is 12.5. The molecule has 35 heavy (non-hydrogen) atoms. The van der Waals surface area contributed by atoms with Crippen molar-refractivity contribution in [2.24, 2.45) is 0 Å². The molecule has 3 aliphatic rings. The van der Waals surface area contributed by atoms with Gasteiger partial charge >= 0.3 is 0 Å². The minimum absolute atomic E-state index is 0.172. The maximum absolute atomic E-state index is 14.4. The summed E-state index contributed by atoms with van der Waals surface area (Å²) in [6.45, 7) is 4.33. The van der Waals surface area contributed by atoms with Gasteiger partial charge in [0.25, 0.3) is 5.91 Å². The Hall–Kier alpha value is -2.68. The molecule has 8 heteroatoms. The van der Waals surface area contributed by atoms with E-state index in [0.29, 0.717) is 49.7 Å². The van der Waals surface area contributed by atoms with Crippen molar-refractivity contribution in [2.75, 3.05) is 52.9 Å². The van der Waals surface area contributed by atoms with Gasteiger partial charge in [-0.05, 0) is 43.1 Å². The van der Waals surface area contributed by atoms with Crippen LogP contribution in [0.3, 0.4) is 0 Å². The van der Waals surface area contributed by atoms with Crippen LogP contribution < -0.4 is 9.47 Å². The number of fused-ring (bicyclic) bond motifs is 2. The predicted molar refractivity (Wildman–Crippen MR) is 131 cm³/mol. The summed E-state index contributed by atoms with van der Waals surface area (Å²) in [4.78, 5) is 19.1. The van der Waals surface area contributed by atoms with E-state index < -0.39 is 18.4 Å². The van der Waals surface area contributed by atoms with Crippen molar-refractivity contribution in [3.05, 3.63) is 59.2 Å². The molecule has 0 radical (unpaired) electrons. The number of ether oxygens (including phenoxy) is 2. The van der Waals surface area contributed by atoms with Gasteiger partial charge in [0, 0.05) is 45.3 Å². The van der Waals surface area contributed by atoms with Gasteiger partial charge in [0.15, 0.2) is 0 Å². The number of benzene rings is 2. The quantitative estimate of drug-likeness (QED) is 0.681. The lowest BCUT2D eigenvalue weighted by molar-refractivity contribution is 0.0312. The fraction of sp³-hybridized carbons (Fsp3) is 0.519. The minimum Gasteiger partial charge on any atom is -0.491 e. The van der Waals surface area contributed by atoms with Crippen LogP contribution in [0.5, 0.6) is 11.5 Å². The van der Waals surface area contributed by atoms with Crippen molar-refractivity contribution in [3.63, 3.8) is 0 Å². The SMILES string of the molecule is CN1CCC(Oc2ccc3c(c2)OCCN(CC(O)CN2CCc4ccccc4C2)C3=O)C(F)C1. The molecule has 3 heterocycles. The first-order chi connectivity index (χ1) is 17.0. The number of hydrogen-bond donors (Lipinski definition) is 1. The van der Waals surface area contributed by atoms with E-state index in [1.165, 1.54) is 11.1 Å². The monoisotopic (exact) mass is 483 g/mol. The van der Waals surface area contributed by atoms with Crippen molar-refractivity contribution in [2.45, 2.75) is 37.8 Å². The normalized spacial score (nSPS) is 24.2. The Labute approximate surface area is 206 Å². The highest BCUT2D eigenvalue weighted by atomic mass is 19.1. The fourth-order valence-electron chi connectivity index (χ4n) is 5.25. The Balaban J connectivity index is 1.19. The number of likely N-dealkylation sites (tertiary alicyclic amines) is 1. The molecule has 1 amide bonds. The lowest BCUT2D eigenvalue weighted by atomic mass is 10.00. The second-order valence-electron chi connectivity index (χ2n) is 9.89.